The second-order valence-electron chi connectivity index (χ2n) is 4.74. The van der Waals surface area contributed by atoms with Gasteiger partial charge in [-0.1, -0.05) is 19.3 Å². The normalized spacial score (nSPS) is 20.5. The Kier molecular flexibility index (Phi) is 4.54. The quantitative estimate of drug-likeness (QED) is 0.692. The molecule has 0 unspecified atom stereocenters. The third-order valence-electron chi connectivity index (χ3n) is 3.20. The number of carbonyl (C=O) groups is 1. The summed E-state index contributed by atoms with van der Waals surface area (Å²) in [7, 11) is 4.05. The number of nitrogens with two attached hydrogens (primary N) is 1. The van der Waals surface area contributed by atoms with Crippen molar-refractivity contribution < 1.29 is 4.79 Å². The third-order valence-corrected chi connectivity index (χ3v) is 3.20. The molecule has 1 aliphatic rings. The highest BCUT2D eigenvalue weighted by atomic mass is 16.1. The Morgan fingerprint density at radius 3 is 2.40 bits per heavy atom. The lowest BCUT2D eigenvalue weighted by atomic mass is 9.81. The summed E-state index contributed by atoms with van der Waals surface area (Å²) in [6, 6.07) is 0. The standard InChI is InChI=1S/C11H23N3O/c1-14(2)9-8-13-11(10(12)15)6-4-3-5-7-11/h13H,3-9H2,1-2H3,(H2,12,15). The van der Waals surface area contributed by atoms with Gasteiger partial charge in [-0.25, -0.2) is 0 Å². The highest BCUT2D eigenvalue weighted by molar-refractivity contribution is 5.84. The number of hydrogen-bond acceptors (Lipinski definition) is 3. The number of nitrogens with one attached hydrogen (secondary N) is 1. The van der Waals surface area contributed by atoms with Gasteiger partial charge in [0.1, 0.15) is 0 Å². The van der Waals surface area contributed by atoms with Gasteiger partial charge in [-0.15, -0.1) is 0 Å². The Morgan fingerprint density at radius 1 is 1.33 bits per heavy atom. The van der Waals surface area contributed by atoms with Gasteiger partial charge in [0.05, 0.1) is 5.54 Å². The summed E-state index contributed by atoms with van der Waals surface area (Å²) in [5, 5.41) is 3.35. The van der Waals surface area contributed by atoms with E-state index in [0.717, 1.165) is 38.8 Å². The van der Waals surface area contributed by atoms with Crippen LogP contribution in [0.2, 0.25) is 0 Å². The van der Waals surface area contributed by atoms with Crippen LogP contribution < -0.4 is 11.1 Å². The molecule has 0 heterocycles. The molecule has 88 valence electrons. The fourth-order valence-electron chi connectivity index (χ4n) is 2.18. The molecule has 0 radical (unpaired) electrons. The number of amides is 1. The number of nitrogens with zero attached hydrogens (tertiary/aromatic N) is 1. The van der Waals surface area contributed by atoms with Crippen LogP contribution in [-0.4, -0.2) is 43.5 Å². The lowest BCUT2D eigenvalue weighted by molar-refractivity contribution is -0.125. The summed E-state index contributed by atoms with van der Waals surface area (Å²) in [5.74, 6) is -0.180. The summed E-state index contributed by atoms with van der Waals surface area (Å²) < 4.78 is 0. The first-order valence-corrected chi connectivity index (χ1v) is 5.76. The van der Waals surface area contributed by atoms with Gasteiger partial charge in [0, 0.05) is 13.1 Å². The highest BCUT2D eigenvalue weighted by Gasteiger charge is 2.36. The minimum Gasteiger partial charge on any atom is -0.368 e. The Labute approximate surface area is 92.2 Å². The minimum atomic E-state index is -0.422. The van der Waals surface area contributed by atoms with Crippen molar-refractivity contribution in [3.63, 3.8) is 0 Å². The molecule has 4 nitrogen and oxygen atoms in total. The van der Waals surface area contributed by atoms with Crippen LogP contribution in [0, 0.1) is 0 Å². The molecule has 0 bridgehead atoms. The smallest absolute Gasteiger partial charge is 0.237 e. The van der Waals surface area contributed by atoms with Crippen molar-refractivity contribution in [3.05, 3.63) is 0 Å². The number of likely N-dealkylation sites (N-methyl/N-ethyl adjacent to an activating group) is 1. The second-order valence-corrected chi connectivity index (χ2v) is 4.74. The van der Waals surface area contributed by atoms with Gasteiger partial charge in [0.25, 0.3) is 0 Å². The van der Waals surface area contributed by atoms with Crippen LogP contribution in [0.5, 0.6) is 0 Å². The molecule has 0 aromatic carbocycles. The van der Waals surface area contributed by atoms with E-state index in [2.05, 4.69) is 10.2 Å². The van der Waals surface area contributed by atoms with Crippen molar-refractivity contribution in [1.29, 1.82) is 0 Å². The van der Waals surface area contributed by atoms with E-state index in [1.54, 1.807) is 0 Å². The Bertz CT molecular complexity index is 210. The molecule has 0 atom stereocenters. The molecule has 1 fully saturated rings. The molecule has 0 spiro atoms. The zero-order valence-corrected chi connectivity index (χ0v) is 9.88. The number of hydrogen-bond donors (Lipinski definition) is 2. The van der Waals surface area contributed by atoms with Crippen LogP contribution in [0.3, 0.4) is 0 Å². The summed E-state index contributed by atoms with van der Waals surface area (Å²) >= 11 is 0. The summed E-state index contributed by atoms with van der Waals surface area (Å²) in [4.78, 5) is 13.6. The van der Waals surface area contributed by atoms with Crippen LogP contribution >= 0.6 is 0 Å². The minimum absolute atomic E-state index is 0.180. The molecule has 1 rings (SSSR count). The number of primary amides is 1. The van der Waals surface area contributed by atoms with Crippen molar-refractivity contribution >= 4 is 5.91 Å². The SMILES string of the molecule is CN(C)CCNC1(C(N)=O)CCCCC1. The first-order chi connectivity index (χ1) is 7.07. The zero-order chi connectivity index (χ0) is 11.3. The maximum Gasteiger partial charge on any atom is 0.237 e. The molecule has 0 saturated heterocycles. The van der Waals surface area contributed by atoms with Crippen molar-refractivity contribution in [2.45, 2.75) is 37.6 Å². The van der Waals surface area contributed by atoms with E-state index in [1.807, 2.05) is 14.1 Å². The first-order valence-electron chi connectivity index (χ1n) is 5.76. The van der Waals surface area contributed by atoms with Crippen molar-refractivity contribution in [3.8, 4) is 0 Å². The van der Waals surface area contributed by atoms with Crippen LogP contribution in [0.25, 0.3) is 0 Å². The zero-order valence-electron chi connectivity index (χ0n) is 9.88. The summed E-state index contributed by atoms with van der Waals surface area (Å²) in [6.45, 7) is 1.77. The van der Waals surface area contributed by atoms with Crippen LogP contribution in [0.15, 0.2) is 0 Å². The topological polar surface area (TPSA) is 58.4 Å². The second kappa shape index (κ2) is 5.47. The van der Waals surface area contributed by atoms with Crippen LogP contribution in [0.1, 0.15) is 32.1 Å². The molecule has 1 aliphatic carbocycles. The van der Waals surface area contributed by atoms with E-state index >= 15 is 0 Å². The van der Waals surface area contributed by atoms with Gasteiger partial charge < -0.3 is 16.0 Å². The molecule has 1 amide bonds. The molecule has 0 aromatic rings. The van der Waals surface area contributed by atoms with Gasteiger partial charge in [-0.05, 0) is 26.9 Å². The van der Waals surface area contributed by atoms with Crippen molar-refractivity contribution in [2.75, 3.05) is 27.2 Å². The van der Waals surface area contributed by atoms with Crippen molar-refractivity contribution in [2.24, 2.45) is 5.73 Å². The van der Waals surface area contributed by atoms with E-state index in [4.69, 9.17) is 5.73 Å². The van der Waals surface area contributed by atoms with Gasteiger partial charge in [-0.2, -0.15) is 0 Å². The summed E-state index contributed by atoms with van der Waals surface area (Å²) in [5.41, 5.74) is 5.08. The molecule has 0 aromatic heterocycles. The molecular formula is C11H23N3O. The third kappa shape index (κ3) is 3.47. The number of rotatable bonds is 5. The van der Waals surface area contributed by atoms with Gasteiger partial charge in [0.15, 0.2) is 0 Å². The predicted octanol–water partition coefficient (Wildman–Crippen LogP) is 0.326. The summed E-state index contributed by atoms with van der Waals surface area (Å²) in [6.07, 6.45) is 5.24. The van der Waals surface area contributed by atoms with E-state index in [-0.39, 0.29) is 5.91 Å². The Balaban J connectivity index is 2.46. The van der Waals surface area contributed by atoms with E-state index in [0.29, 0.717) is 0 Å². The lowest BCUT2D eigenvalue weighted by Gasteiger charge is -2.35. The molecule has 15 heavy (non-hydrogen) atoms. The average Bonchev–Trinajstić information content (AvgIpc) is 2.18. The first kappa shape index (κ1) is 12.5. The Hall–Kier alpha value is -0.610. The van der Waals surface area contributed by atoms with Gasteiger partial charge in [0.2, 0.25) is 5.91 Å². The predicted molar refractivity (Wildman–Crippen MR) is 61.6 cm³/mol. The molecule has 1 saturated carbocycles. The molecule has 0 aliphatic heterocycles. The van der Waals surface area contributed by atoms with E-state index in [1.165, 1.54) is 6.42 Å². The lowest BCUT2D eigenvalue weighted by Crippen LogP contribution is -2.57. The highest BCUT2D eigenvalue weighted by Crippen LogP contribution is 2.27. The molecule has 4 heteroatoms. The fourth-order valence-corrected chi connectivity index (χ4v) is 2.18. The van der Waals surface area contributed by atoms with E-state index in [9.17, 15) is 4.79 Å². The number of carbonyl (C=O) groups excluding carboxylic acids is 1. The van der Waals surface area contributed by atoms with Crippen LogP contribution in [0.4, 0.5) is 0 Å². The maximum absolute atomic E-state index is 11.5. The van der Waals surface area contributed by atoms with Crippen LogP contribution in [-0.2, 0) is 4.79 Å². The van der Waals surface area contributed by atoms with Gasteiger partial charge in [-0.3, -0.25) is 4.79 Å². The van der Waals surface area contributed by atoms with E-state index < -0.39 is 5.54 Å². The van der Waals surface area contributed by atoms with Gasteiger partial charge >= 0.3 is 0 Å². The largest absolute Gasteiger partial charge is 0.368 e. The average molecular weight is 213 g/mol. The Morgan fingerprint density at radius 2 is 1.93 bits per heavy atom. The maximum atomic E-state index is 11.5. The molecular weight excluding hydrogens is 190 g/mol. The van der Waals surface area contributed by atoms with Crippen molar-refractivity contribution in [1.82, 2.24) is 10.2 Å². The monoisotopic (exact) mass is 213 g/mol. The fraction of sp³-hybridized carbons (Fsp3) is 0.909. The molecule has 3 N–H and O–H groups in total.